The van der Waals surface area contributed by atoms with Crippen LogP contribution >= 0.6 is 0 Å². The number of hydrogen-bond donors (Lipinski definition) is 1. The van der Waals surface area contributed by atoms with Gasteiger partial charge in [-0.25, -0.2) is 9.67 Å². The van der Waals surface area contributed by atoms with E-state index in [4.69, 9.17) is 0 Å². The third-order valence-corrected chi connectivity index (χ3v) is 3.53. The Morgan fingerprint density at radius 2 is 1.96 bits per heavy atom. The first-order valence-corrected chi connectivity index (χ1v) is 7.50. The van der Waals surface area contributed by atoms with Gasteiger partial charge in [0, 0.05) is 12.6 Å². The summed E-state index contributed by atoms with van der Waals surface area (Å²) in [4.78, 5) is 27.8. The molecule has 0 saturated heterocycles. The van der Waals surface area contributed by atoms with Crippen LogP contribution in [-0.4, -0.2) is 25.9 Å². The molecule has 0 bridgehead atoms. The van der Waals surface area contributed by atoms with Crippen molar-refractivity contribution < 1.29 is 18.0 Å². The van der Waals surface area contributed by atoms with Gasteiger partial charge in [0.05, 0.1) is 17.5 Å². The Hall–Kier alpha value is -3.30. The molecule has 2 heterocycles. The van der Waals surface area contributed by atoms with Crippen LogP contribution < -0.4 is 10.9 Å². The van der Waals surface area contributed by atoms with Crippen LogP contribution in [0.15, 0.2) is 47.4 Å². The Balaban J connectivity index is 1.68. The lowest BCUT2D eigenvalue weighted by molar-refractivity contribution is -0.137. The van der Waals surface area contributed by atoms with E-state index in [1.807, 2.05) is 0 Å². The lowest BCUT2D eigenvalue weighted by atomic mass is 10.2. The first-order chi connectivity index (χ1) is 12.3. The van der Waals surface area contributed by atoms with Crippen molar-refractivity contribution in [3.05, 3.63) is 58.5 Å². The molecule has 3 aromatic rings. The van der Waals surface area contributed by atoms with Crippen LogP contribution in [0.3, 0.4) is 0 Å². The second-order valence-corrected chi connectivity index (χ2v) is 5.36. The number of nitrogens with one attached hydrogen (secondary N) is 1. The molecule has 0 saturated carbocycles. The smallest absolute Gasteiger partial charge is 0.311 e. The summed E-state index contributed by atoms with van der Waals surface area (Å²) in [5.41, 5.74) is -0.883. The summed E-state index contributed by atoms with van der Waals surface area (Å²) in [6.45, 7) is -0.0680. The summed E-state index contributed by atoms with van der Waals surface area (Å²) in [5.74, 6) is -0.819. The summed E-state index contributed by atoms with van der Waals surface area (Å²) >= 11 is 0. The predicted molar refractivity (Wildman–Crippen MR) is 86.3 cm³/mol. The largest absolute Gasteiger partial charge is 0.416 e. The Bertz CT molecular complexity index is 1020. The summed E-state index contributed by atoms with van der Waals surface area (Å²) in [6.07, 6.45) is -3.75. The van der Waals surface area contributed by atoms with Crippen molar-refractivity contribution in [1.82, 2.24) is 20.0 Å². The van der Waals surface area contributed by atoms with Gasteiger partial charge in [0.1, 0.15) is 11.3 Å². The van der Waals surface area contributed by atoms with Gasteiger partial charge in [0.25, 0.3) is 5.56 Å². The number of hydrogen-bond acceptors (Lipinski definition) is 5. The summed E-state index contributed by atoms with van der Waals surface area (Å²) in [7, 11) is 0. The molecule has 1 N–H and O–H groups in total. The van der Waals surface area contributed by atoms with E-state index in [0.717, 1.165) is 23.0 Å². The standard InChI is InChI=1S/C16H12F3N5O2/c17-16(18,19)10-5-7-20-13(9-10)21-14(25)6-8-24-15(26)11-3-1-2-4-12(11)22-23-24/h1-5,7,9H,6,8H2,(H,20,21,25). The van der Waals surface area contributed by atoms with Crippen molar-refractivity contribution in [2.75, 3.05) is 5.32 Å². The predicted octanol–water partition coefficient (Wildman–Crippen LogP) is 2.23. The van der Waals surface area contributed by atoms with Crippen LogP contribution in [0.25, 0.3) is 10.9 Å². The molecule has 3 rings (SSSR count). The van der Waals surface area contributed by atoms with Crippen LogP contribution in [0.2, 0.25) is 0 Å². The van der Waals surface area contributed by atoms with E-state index >= 15 is 0 Å². The van der Waals surface area contributed by atoms with E-state index in [2.05, 4.69) is 20.6 Å². The number of rotatable bonds is 4. The average molecular weight is 363 g/mol. The quantitative estimate of drug-likeness (QED) is 0.768. The number of fused-ring (bicyclic) bond motifs is 1. The minimum absolute atomic E-state index is 0.0680. The molecule has 0 aliphatic rings. The molecule has 0 spiro atoms. The van der Waals surface area contributed by atoms with Gasteiger partial charge in [-0.1, -0.05) is 17.3 Å². The summed E-state index contributed by atoms with van der Waals surface area (Å²) in [6, 6.07) is 8.17. The van der Waals surface area contributed by atoms with E-state index in [-0.39, 0.29) is 18.8 Å². The van der Waals surface area contributed by atoms with E-state index in [0.29, 0.717) is 10.9 Å². The zero-order chi connectivity index (χ0) is 18.7. The fraction of sp³-hybridized carbons (Fsp3) is 0.188. The minimum atomic E-state index is -4.53. The van der Waals surface area contributed by atoms with E-state index in [1.165, 1.54) is 0 Å². The Kier molecular flexibility index (Phi) is 4.65. The highest BCUT2D eigenvalue weighted by Gasteiger charge is 2.30. The molecule has 7 nitrogen and oxygen atoms in total. The third-order valence-electron chi connectivity index (χ3n) is 3.53. The van der Waals surface area contributed by atoms with Crippen LogP contribution in [0.5, 0.6) is 0 Å². The van der Waals surface area contributed by atoms with Crippen molar-refractivity contribution in [2.45, 2.75) is 19.1 Å². The molecule has 0 radical (unpaired) electrons. The second kappa shape index (κ2) is 6.90. The zero-order valence-corrected chi connectivity index (χ0v) is 13.2. The van der Waals surface area contributed by atoms with Crippen molar-refractivity contribution in [3.63, 3.8) is 0 Å². The lowest BCUT2D eigenvalue weighted by Crippen LogP contribution is -2.26. The van der Waals surface area contributed by atoms with Gasteiger partial charge in [-0.3, -0.25) is 9.59 Å². The van der Waals surface area contributed by atoms with E-state index in [1.54, 1.807) is 24.3 Å². The van der Waals surface area contributed by atoms with Crippen LogP contribution in [0.4, 0.5) is 19.0 Å². The number of halogens is 3. The molecule has 1 amide bonds. The van der Waals surface area contributed by atoms with Crippen LogP contribution in [0, 0.1) is 0 Å². The number of carbonyl (C=O) groups is 1. The van der Waals surface area contributed by atoms with Crippen molar-refractivity contribution in [1.29, 1.82) is 0 Å². The average Bonchev–Trinajstić information content (AvgIpc) is 2.61. The van der Waals surface area contributed by atoms with Crippen LogP contribution in [-0.2, 0) is 17.5 Å². The van der Waals surface area contributed by atoms with Gasteiger partial charge in [-0.2, -0.15) is 13.2 Å². The molecule has 0 unspecified atom stereocenters. The first-order valence-electron chi connectivity index (χ1n) is 7.50. The maximum Gasteiger partial charge on any atom is 0.416 e. The summed E-state index contributed by atoms with van der Waals surface area (Å²) in [5, 5.41) is 10.3. The number of aromatic nitrogens is 4. The fourth-order valence-electron chi connectivity index (χ4n) is 2.26. The number of alkyl halides is 3. The van der Waals surface area contributed by atoms with Gasteiger partial charge in [0.15, 0.2) is 0 Å². The van der Waals surface area contributed by atoms with Gasteiger partial charge < -0.3 is 5.32 Å². The number of nitrogens with zero attached hydrogens (tertiary/aromatic N) is 4. The number of pyridine rings is 1. The number of carbonyl (C=O) groups excluding carboxylic acids is 1. The monoisotopic (exact) mass is 363 g/mol. The molecular formula is C16H12F3N5O2. The highest BCUT2D eigenvalue weighted by atomic mass is 19.4. The topological polar surface area (TPSA) is 89.8 Å². The molecular weight excluding hydrogens is 351 g/mol. The van der Waals surface area contributed by atoms with Gasteiger partial charge in [-0.05, 0) is 24.3 Å². The SMILES string of the molecule is O=C(CCn1nnc2ccccc2c1=O)Nc1cc(C(F)(F)F)ccn1. The number of benzene rings is 1. The number of anilines is 1. The molecule has 2 aromatic heterocycles. The molecule has 0 aliphatic carbocycles. The molecule has 134 valence electrons. The Labute approximate surface area is 144 Å². The van der Waals surface area contributed by atoms with Crippen molar-refractivity contribution in [2.24, 2.45) is 0 Å². The maximum absolute atomic E-state index is 12.7. The minimum Gasteiger partial charge on any atom is -0.311 e. The van der Waals surface area contributed by atoms with Gasteiger partial charge in [-0.15, -0.1) is 5.10 Å². The highest BCUT2D eigenvalue weighted by molar-refractivity contribution is 5.89. The first kappa shape index (κ1) is 17.5. The normalized spacial score (nSPS) is 11.5. The Morgan fingerprint density at radius 3 is 2.73 bits per heavy atom. The highest BCUT2D eigenvalue weighted by Crippen LogP contribution is 2.29. The summed E-state index contributed by atoms with van der Waals surface area (Å²) < 4.78 is 39.0. The zero-order valence-electron chi connectivity index (χ0n) is 13.2. The number of amides is 1. The fourth-order valence-corrected chi connectivity index (χ4v) is 2.26. The third kappa shape index (κ3) is 3.85. The second-order valence-electron chi connectivity index (χ2n) is 5.36. The van der Waals surface area contributed by atoms with Crippen LogP contribution in [0.1, 0.15) is 12.0 Å². The molecule has 0 aliphatic heterocycles. The molecule has 26 heavy (non-hydrogen) atoms. The van der Waals surface area contributed by atoms with E-state index < -0.39 is 23.2 Å². The van der Waals surface area contributed by atoms with Gasteiger partial charge in [0.2, 0.25) is 5.91 Å². The van der Waals surface area contributed by atoms with Crippen molar-refractivity contribution in [3.8, 4) is 0 Å². The Morgan fingerprint density at radius 1 is 1.19 bits per heavy atom. The van der Waals surface area contributed by atoms with Gasteiger partial charge >= 0.3 is 6.18 Å². The lowest BCUT2D eigenvalue weighted by Gasteiger charge is -2.09. The molecule has 0 fully saturated rings. The van der Waals surface area contributed by atoms with Crippen molar-refractivity contribution >= 4 is 22.6 Å². The molecule has 10 heteroatoms. The molecule has 0 atom stereocenters. The maximum atomic E-state index is 12.7. The number of aryl methyl sites for hydroxylation is 1. The molecule has 1 aromatic carbocycles. The van der Waals surface area contributed by atoms with E-state index in [9.17, 15) is 22.8 Å².